The SMILES string of the molecule is CCCCC(=O)c1cc(-c2ccccc2N)[nH]n1. The fourth-order valence-electron chi connectivity index (χ4n) is 1.81. The summed E-state index contributed by atoms with van der Waals surface area (Å²) in [5.41, 5.74) is 8.71. The normalized spacial score (nSPS) is 10.5. The molecule has 0 saturated heterocycles. The monoisotopic (exact) mass is 243 g/mol. The van der Waals surface area contributed by atoms with Crippen molar-refractivity contribution in [1.82, 2.24) is 10.2 Å². The Balaban J connectivity index is 2.21. The van der Waals surface area contributed by atoms with E-state index in [4.69, 9.17) is 5.73 Å². The van der Waals surface area contributed by atoms with Crippen LogP contribution in [0.2, 0.25) is 0 Å². The summed E-state index contributed by atoms with van der Waals surface area (Å²) in [5, 5.41) is 6.93. The molecular weight excluding hydrogens is 226 g/mol. The zero-order chi connectivity index (χ0) is 13.0. The van der Waals surface area contributed by atoms with Gasteiger partial charge in [-0.25, -0.2) is 0 Å². The quantitative estimate of drug-likeness (QED) is 0.626. The molecule has 0 unspecified atom stereocenters. The number of nitrogen functional groups attached to an aromatic ring is 1. The third-order valence-corrected chi connectivity index (χ3v) is 2.87. The number of nitrogens with zero attached hydrogens (tertiary/aromatic N) is 1. The lowest BCUT2D eigenvalue weighted by Crippen LogP contribution is -1.98. The van der Waals surface area contributed by atoms with E-state index < -0.39 is 0 Å². The third-order valence-electron chi connectivity index (χ3n) is 2.87. The first kappa shape index (κ1) is 12.4. The van der Waals surface area contributed by atoms with Gasteiger partial charge in [0.05, 0.1) is 5.69 Å². The first-order valence-electron chi connectivity index (χ1n) is 6.16. The summed E-state index contributed by atoms with van der Waals surface area (Å²) in [6.07, 6.45) is 2.45. The van der Waals surface area contributed by atoms with Crippen molar-refractivity contribution in [3.05, 3.63) is 36.0 Å². The Morgan fingerprint density at radius 2 is 2.17 bits per heavy atom. The van der Waals surface area contributed by atoms with Crippen LogP contribution in [-0.4, -0.2) is 16.0 Å². The molecule has 0 fully saturated rings. The third kappa shape index (κ3) is 2.59. The molecule has 0 saturated carbocycles. The van der Waals surface area contributed by atoms with Crippen LogP contribution < -0.4 is 5.73 Å². The van der Waals surface area contributed by atoms with Crippen molar-refractivity contribution in [1.29, 1.82) is 0 Å². The minimum Gasteiger partial charge on any atom is -0.398 e. The minimum atomic E-state index is 0.0776. The van der Waals surface area contributed by atoms with Crippen molar-refractivity contribution < 1.29 is 4.79 Å². The van der Waals surface area contributed by atoms with Gasteiger partial charge in [-0.3, -0.25) is 9.89 Å². The molecule has 0 aliphatic rings. The minimum absolute atomic E-state index is 0.0776. The molecule has 2 aromatic rings. The predicted molar refractivity (Wildman–Crippen MR) is 72.3 cm³/mol. The molecule has 0 amide bonds. The number of nitrogens with two attached hydrogens (primary N) is 1. The number of anilines is 1. The lowest BCUT2D eigenvalue weighted by atomic mass is 10.1. The number of Topliss-reactive ketones (excluding diaryl/α,β-unsaturated/α-hetero) is 1. The molecule has 0 atom stereocenters. The second kappa shape index (κ2) is 5.49. The van der Waals surface area contributed by atoms with Gasteiger partial charge in [0.25, 0.3) is 0 Å². The van der Waals surface area contributed by atoms with Gasteiger partial charge in [-0.15, -0.1) is 0 Å². The van der Waals surface area contributed by atoms with E-state index in [1.165, 1.54) is 0 Å². The van der Waals surface area contributed by atoms with Crippen molar-refractivity contribution in [2.45, 2.75) is 26.2 Å². The van der Waals surface area contributed by atoms with Gasteiger partial charge < -0.3 is 5.73 Å². The highest BCUT2D eigenvalue weighted by molar-refractivity contribution is 5.95. The number of H-pyrrole nitrogens is 1. The number of hydrogen-bond donors (Lipinski definition) is 2. The molecule has 0 aliphatic heterocycles. The maximum Gasteiger partial charge on any atom is 0.183 e. The number of aromatic amines is 1. The number of aromatic nitrogens is 2. The molecule has 1 aromatic carbocycles. The molecule has 1 aromatic heterocycles. The van der Waals surface area contributed by atoms with E-state index in [1.54, 1.807) is 6.07 Å². The van der Waals surface area contributed by atoms with Crippen molar-refractivity contribution in [2.24, 2.45) is 0 Å². The Kier molecular flexibility index (Phi) is 3.77. The average Bonchev–Trinajstić information content (AvgIpc) is 2.86. The number of carbonyl (C=O) groups is 1. The molecule has 18 heavy (non-hydrogen) atoms. The van der Waals surface area contributed by atoms with E-state index in [-0.39, 0.29) is 5.78 Å². The number of ketones is 1. The van der Waals surface area contributed by atoms with E-state index >= 15 is 0 Å². The van der Waals surface area contributed by atoms with Crippen molar-refractivity contribution in [2.75, 3.05) is 5.73 Å². The molecule has 1 heterocycles. The second-order valence-corrected chi connectivity index (χ2v) is 4.28. The van der Waals surface area contributed by atoms with Gasteiger partial charge in [-0.1, -0.05) is 31.5 Å². The highest BCUT2D eigenvalue weighted by Gasteiger charge is 2.11. The zero-order valence-electron chi connectivity index (χ0n) is 10.4. The standard InChI is InChI=1S/C14H17N3O/c1-2-3-8-14(18)13-9-12(16-17-13)10-6-4-5-7-11(10)15/h4-7,9H,2-3,8,15H2,1H3,(H,16,17). The molecule has 4 heteroatoms. The van der Waals surface area contributed by atoms with Gasteiger partial charge in [0.15, 0.2) is 5.78 Å². The van der Waals surface area contributed by atoms with Gasteiger partial charge in [-0.2, -0.15) is 5.10 Å². The smallest absolute Gasteiger partial charge is 0.183 e. The highest BCUT2D eigenvalue weighted by atomic mass is 16.1. The van der Waals surface area contributed by atoms with Crippen LogP contribution in [0.25, 0.3) is 11.3 Å². The number of rotatable bonds is 5. The van der Waals surface area contributed by atoms with Crippen LogP contribution in [-0.2, 0) is 0 Å². The van der Waals surface area contributed by atoms with Crippen LogP contribution in [0.1, 0.15) is 36.7 Å². The van der Waals surface area contributed by atoms with E-state index in [0.717, 1.165) is 24.1 Å². The van der Waals surface area contributed by atoms with Gasteiger partial charge in [0, 0.05) is 17.7 Å². The maximum absolute atomic E-state index is 11.8. The second-order valence-electron chi connectivity index (χ2n) is 4.28. The highest BCUT2D eigenvalue weighted by Crippen LogP contribution is 2.24. The van der Waals surface area contributed by atoms with Crippen LogP contribution >= 0.6 is 0 Å². The summed E-state index contributed by atoms with van der Waals surface area (Å²) < 4.78 is 0. The Labute approximate surface area is 106 Å². The number of benzene rings is 1. The fourth-order valence-corrected chi connectivity index (χ4v) is 1.81. The van der Waals surface area contributed by atoms with Gasteiger partial charge in [0.1, 0.15) is 5.69 Å². The summed E-state index contributed by atoms with van der Waals surface area (Å²) in [5.74, 6) is 0.0776. The molecule has 0 spiro atoms. The van der Waals surface area contributed by atoms with Crippen LogP contribution in [0.5, 0.6) is 0 Å². The topological polar surface area (TPSA) is 71.8 Å². The van der Waals surface area contributed by atoms with E-state index in [1.807, 2.05) is 24.3 Å². The molecule has 3 N–H and O–H groups in total. The van der Waals surface area contributed by atoms with E-state index in [0.29, 0.717) is 17.8 Å². The Morgan fingerprint density at radius 3 is 2.89 bits per heavy atom. The number of para-hydroxylation sites is 1. The van der Waals surface area contributed by atoms with Crippen molar-refractivity contribution in [3.63, 3.8) is 0 Å². The average molecular weight is 243 g/mol. The Bertz CT molecular complexity index is 545. The van der Waals surface area contributed by atoms with E-state index in [9.17, 15) is 4.79 Å². The molecule has 0 aliphatic carbocycles. The summed E-state index contributed by atoms with van der Waals surface area (Å²) in [6.45, 7) is 2.06. The van der Waals surface area contributed by atoms with Gasteiger partial charge >= 0.3 is 0 Å². The first-order chi connectivity index (χ1) is 8.72. The van der Waals surface area contributed by atoms with Crippen molar-refractivity contribution >= 4 is 11.5 Å². The molecule has 2 rings (SSSR count). The molecule has 4 nitrogen and oxygen atoms in total. The summed E-state index contributed by atoms with van der Waals surface area (Å²) in [4.78, 5) is 11.8. The molecule has 94 valence electrons. The summed E-state index contributed by atoms with van der Waals surface area (Å²) in [7, 11) is 0. The first-order valence-corrected chi connectivity index (χ1v) is 6.16. The number of nitrogens with one attached hydrogen (secondary N) is 1. The van der Waals surface area contributed by atoms with Crippen molar-refractivity contribution in [3.8, 4) is 11.3 Å². The van der Waals surface area contributed by atoms with Crippen LogP contribution in [0, 0.1) is 0 Å². The maximum atomic E-state index is 11.8. The van der Waals surface area contributed by atoms with Crippen LogP contribution in [0.4, 0.5) is 5.69 Å². The molecule has 0 bridgehead atoms. The Morgan fingerprint density at radius 1 is 1.39 bits per heavy atom. The number of unbranched alkanes of at least 4 members (excludes halogenated alkanes) is 1. The summed E-state index contributed by atoms with van der Waals surface area (Å²) >= 11 is 0. The lowest BCUT2D eigenvalue weighted by molar-refractivity contribution is 0.0975. The molecular formula is C14H17N3O. The lowest BCUT2D eigenvalue weighted by Gasteiger charge is -2.00. The largest absolute Gasteiger partial charge is 0.398 e. The molecule has 0 radical (unpaired) electrons. The number of carbonyl (C=O) groups excluding carboxylic acids is 1. The van der Waals surface area contributed by atoms with Crippen LogP contribution in [0.3, 0.4) is 0 Å². The predicted octanol–water partition coefficient (Wildman–Crippen LogP) is 3.03. The zero-order valence-corrected chi connectivity index (χ0v) is 10.4. The number of hydrogen-bond acceptors (Lipinski definition) is 3. The van der Waals surface area contributed by atoms with Crippen LogP contribution in [0.15, 0.2) is 30.3 Å². The van der Waals surface area contributed by atoms with Gasteiger partial charge in [-0.05, 0) is 18.6 Å². The fraction of sp³-hybridized carbons (Fsp3) is 0.286. The van der Waals surface area contributed by atoms with Gasteiger partial charge in [0.2, 0.25) is 0 Å². The van der Waals surface area contributed by atoms with E-state index in [2.05, 4.69) is 17.1 Å². The summed E-state index contributed by atoms with van der Waals surface area (Å²) in [6, 6.07) is 9.29. The Hall–Kier alpha value is -2.10.